The highest BCUT2D eigenvalue weighted by molar-refractivity contribution is 5.90. The monoisotopic (exact) mass is 349 g/mol. The summed E-state index contributed by atoms with van der Waals surface area (Å²) in [4.78, 5) is 18.2. The van der Waals surface area contributed by atoms with Crippen LogP contribution in [0.3, 0.4) is 0 Å². The van der Waals surface area contributed by atoms with Crippen molar-refractivity contribution in [2.75, 3.05) is 26.2 Å². The van der Waals surface area contributed by atoms with E-state index in [2.05, 4.69) is 16.0 Å². The first kappa shape index (κ1) is 16.6. The molecule has 4 rings (SSSR count). The van der Waals surface area contributed by atoms with Gasteiger partial charge in [-0.05, 0) is 49.7 Å². The van der Waals surface area contributed by atoms with Gasteiger partial charge in [0.2, 0.25) is 0 Å². The Labute approximate surface area is 152 Å². The van der Waals surface area contributed by atoms with E-state index in [-0.39, 0.29) is 0 Å². The smallest absolute Gasteiger partial charge is 0.324 e. The molecule has 2 N–H and O–H groups in total. The number of rotatable bonds is 5. The number of amides is 1. The first-order valence-corrected chi connectivity index (χ1v) is 8.85. The van der Waals surface area contributed by atoms with E-state index in [4.69, 9.17) is 10.5 Å². The lowest BCUT2D eigenvalue weighted by Crippen LogP contribution is -2.25. The van der Waals surface area contributed by atoms with Gasteiger partial charge in [-0.15, -0.1) is 0 Å². The van der Waals surface area contributed by atoms with Gasteiger partial charge in [-0.3, -0.25) is 9.47 Å². The maximum absolute atomic E-state index is 11.4. The normalized spacial score (nSPS) is 14.8. The lowest BCUT2D eigenvalue weighted by atomic mass is 10.1. The molecule has 26 heavy (non-hydrogen) atoms. The van der Waals surface area contributed by atoms with Crippen molar-refractivity contribution in [3.05, 3.63) is 48.8 Å². The zero-order chi connectivity index (χ0) is 17.9. The van der Waals surface area contributed by atoms with Gasteiger partial charge in [0.05, 0.1) is 0 Å². The van der Waals surface area contributed by atoms with E-state index in [9.17, 15) is 4.79 Å². The Morgan fingerprint density at radius 2 is 2.08 bits per heavy atom. The number of fused-ring (bicyclic) bond motifs is 1. The van der Waals surface area contributed by atoms with Crippen LogP contribution in [-0.4, -0.2) is 46.7 Å². The van der Waals surface area contributed by atoms with Crippen LogP contribution >= 0.6 is 0 Å². The second-order valence-corrected chi connectivity index (χ2v) is 6.50. The van der Waals surface area contributed by atoms with Gasteiger partial charge in [0, 0.05) is 36.0 Å². The second-order valence-electron chi connectivity index (χ2n) is 6.50. The molecule has 1 aliphatic rings. The minimum atomic E-state index is -0.565. The van der Waals surface area contributed by atoms with Crippen molar-refractivity contribution >= 4 is 17.1 Å². The Morgan fingerprint density at radius 1 is 1.23 bits per heavy atom. The molecule has 133 valence electrons. The Kier molecular flexibility index (Phi) is 4.58. The van der Waals surface area contributed by atoms with Gasteiger partial charge in [-0.2, -0.15) is 0 Å². The van der Waals surface area contributed by atoms with E-state index in [0.29, 0.717) is 12.3 Å². The fourth-order valence-electron chi connectivity index (χ4n) is 3.34. The van der Waals surface area contributed by atoms with E-state index in [1.807, 2.05) is 30.3 Å². The molecule has 1 aliphatic heterocycles. The zero-order valence-corrected chi connectivity index (χ0v) is 14.5. The maximum atomic E-state index is 11.4. The number of hydrogen-bond acceptors (Lipinski definition) is 4. The summed E-state index contributed by atoms with van der Waals surface area (Å²) in [6.07, 6.45) is 5.83. The van der Waals surface area contributed by atoms with E-state index >= 15 is 0 Å². The van der Waals surface area contributed by atoms with Crippen LogP contribution in [0.5, 0.6) is 5.75 Å². The minimum absolute atomic E-state index is 0.513. The molecule has 0 atom stereocenters. The molecule has 1 fully saturated rings. The summed E-state index contributed by atoms with van der Waals surface area (Å²) < 4.78 is 7.21. The fourth-order valence-corrected chi connectivity index (χ4v) is 3.34. The summed E-state index contributed by atoms with van der Waals surface area (Å²) >= 11 is 0. The Bertz CT molecular complexity index is 928. The number of hydrogen-bond donors (Lipinski definition) is 1. The van der Waals surface area contributed by atoms with E-state index in [1.54, 1.807) is 6.20 Å². The number of pyridine rings is 1. The Balaban J connectivity index is 1.50. The largest absolute Gasteiger partial charge is 0.492 e. The molecule has 0 spiro atoms. The third-order valence-electron chi connectivity index (χ3n) is 4.72. The molecule has 1 aromatic carbocycles. The number of ether oxygens (including phenoxy) is 1. The van der Waals surface area contributed by atoms with Crippen molar-refractivity contribution < 1.29 is 9.53 Å². The van der Waals surface area contributed by atoms with Crippen LogP contribution in [0.15, 0.2) is 42.7 Å². The minimum Gasteiger partial charge on any atom is -0.492 e. The first-order chi connectivity index (χ1) is 12.7. The van der Waals surface area contributed by atoms with Crippen LogP contribution < -0.4 is 10.5 Å². The van der Waals surface area contributed by atoms with Crippen LogP contribution in [-0.2, 0) is 0 Å². The molecule has 6 nitrogen and oxygen atoms in total. The Morgan fingerprint density at radius 3 is 2.88 bits per heavy atom. The highest BCUT2D eigenvalue weighted by Crippen LogP contribution is 2.26. The average molecular weight is 349 g/mol. The molecule has 2 aromatic heterocycles. The third-order valence-corrected chi connectivity index (χ3v) is 4.72. The van der Waals surface area contributed by atoms with Gasteiger partial charge < -0.3 is 10.5 Å². The molecule has 1 radical (unpaired) electrons. The molecular weight excluding hydrogens is 328 g/mol. The van der Waals surface area contributed by atoms with Crippen LogP contribution in [0, 0.1) is 6.07 Å². The number of nitrogens with zero attached hydrogens (tertiary/aromatic N) is 3. The summed E-state index contributed by atoms with van der Waals surface area (Å²) in [6, 6.07) is 12.4. The van der Waals surface area contributed by atoms with E-state index in [1.165, 1.54) is 36.7 Å². The number of aromatic nitrogens is 2. The summed E-state index contributed by atoms with van der Waals surface area (Å²) in [5.74, 6) is 0.848. The maximum Gasteiger partial charge on any atom is 0.324 e. The van der Waals surface area contributed by atoms with Crippen LogP contribution in [0.4, 0.5) is 4.79 Å². The average Bonchev–Trinajstić information content (AvgIpc) is 3.31. The summed E-state index contributed by atoms with van der Waals surface area (Å²) in [7, 11) is 0. The summed E-state index contributed by atoms with van der Waals surface area (Å²) in [5.41, 5.74) is 7.80. The number of carbonyl (C=O) groups excluding carboxylic acids is 1. The van der Waals surface area contributed by atoms with Gasteiger partial charge in [0.15, 0.2) is 0 Å². The lowest BCUT2D eigenvalue weighted by Gasteiger charge is -2.15. The van der Waals surface area contributed by atoms with Crippen molar-refractivity contribution in [1.29, 1.82) is 0 Å². The number of likely N-dealkylation sites (tertiary alicyclic amines) is 1. The molecule has 0 bridgehead atoms. The highest BCUT2D eigenvalue weighted by atomic mass is 16.5. The fraction of sp³-hybridized carbons (Fsp3) is 0.300. The molecule has 6 heteroatoms. The molecular formula is C20H21N4O2. The third kappa shape index (κ3) is 3.41. The van der Waals surface area contributed by atoms with Crippen molar-refractivity contribution in [1.82, 2.24) is 14.5 Å². The van der Waals surface area contributed by atoms with Crippen molar-refractivity contribution in [2.24, 2.45) is 5.73 Å². The van der Waals surface area contributed by atoms with Crippen LogP contribution in [0.2, 0.25) is 0 Å². The SMILES string of the molecule is NC(=O)n1c[c]c2cc(-c3cccc(OCCN4CCCC4)c3)cnc21. The van der Waals surface area contributed by atoms with Gasteiger partial charge in [0.25, 0.3) is 0 Å². The van der Waals surface area contributed by atoms with Crippen LogP contribution in [0.1, 0.15) is 12.8 Å². The Hall–Kier alpha value is -2.86. The highest BCUT2D eigenvalue weighted by Gasteiger charge is 2.11. The summed E-state index contributed by atoms with van der Waals surface area (Å²) in [6.45, 7) is 4.01. The number of primary amides is 1. The molecule has 1 saturated heterocycles. The van der Waals surface area contributed by atoms with Crippen LogP contribution in [0.25, 0.3) is 22.2 Å². The first-order valence-electron chi connectivity index (χ1n) is 8.85. The van der Waals surface area contributed by atoms with Gasteiger partial charge in [-0.25, -0.2) is 9.78 Å². The number of carbonyl (C=O) groups is 1. The van der Waals surface area contributed by atoms with Gasteiger partial charge in [0.1, 0.15) is 18.0 Å². The number of nitrogens with two attached hydrogens (primary N) is 1. The topological polar surface area (TPSA) is 73.4 Å². The molecule has 3 aromatic rings. The predicted molar refractivity (Wildman–Crippen MR) is 100 cm³/mol. The number of benzene rings is 1. The molecule has 3 heterocycles. The van der Waals surface area contributed by atoms with Crippen molar-refractivity contribution in [2.45, 2.75) is 12.8 Å². The van der Waals surface area contributed by atoms with Crippen molar-refractivity contribution in [3.63, 3.8) is 0 Å². The second kappa shape index (κ2) is 7.17. The molecule has 0 saturated carbocycles. The van der Waals surface area contributed by atoms with E-state index < -0.39 is 6.03 Å². The standard InChI is InChI=1S/C20H21N4O2/c21-20(25)24-9-6-16-12-17(14-22-19(16)24)15-4-3-5-18(13-15)26-11-10-23-7-1-2-8-23/h3-5,9,12-14H,1-2,7-8,10-11H2,(H2,21,25). The van der Waals surface area contributed by atoms with Crippen molar-refractivity contribution in [3.8, 4) is 16.9 Å². The van der Waals surface area contributed by atoms with E-state index in [0.717, 1.165) is 28.8 Å². The molecule has 0 aliphatic carbocycles. The van der Waals surface area contributed by atoms with Gasteiger partial charge in [-0.1, -0.05) is 12.1 Å². The summed E-state index contributed by atoms with van der Waals surface area (Å²) in [5, 5.41) is 0.752. The molecule has 1 amide bonds. The zero-order valence-electron chi connectivity index (χ0n) is 14.5. The lowest BCUT2D eigenvalue weighted by molar-refractivity contribution is 0.238. The molecule has 0 unspecified atom stereocenters. The van der Waals surface area contributed by atoms with Gasteiger partial charge >= 0.3 is 6.03 Å². The quantitative estimate of drug-likeness (QED) is 0.769. The predicted octanol–water partition coefficient (Wildman–Crippen LogP) is 2.90.